The number of benzene rings is 2. The Morgan fingerprint density at radius 2 is 1.92 bits per heavy atom. The van der Waals surface area contributed by atoms with Crippen molar-refractivity contribution in [1.29, 1.82) is 0 Å². The summed E-state index contributed by atoms with van der Waals surface area (Å²) in [4.78, 5) is 33.5. The molecular weight excluding hydrogens is 336 g/mol. The lowest BCUT2D eigenvalue weighted by Gasteiger charge is -2.06. The van der Waals surface area contributed by atoms with Crippen LogP contribution in [0.3, 0.4) is 0 Å². The highest BCUT2D eigenvalue weighted by Crippen LogP contribution is 2.14. The summed E-state index contributed by atoms with van der Waals surface area (Å²) >= 11 is 0. The predicted octanol–water partition coefficient (Wildman–Crippen LogP) is 2.78. The highest BCUT2D eigenvalue weighted by atomic mass is 16.6. The van der Waals surface area contributed by atoms with Gasteiger partial charge in [-0.3, -0.25) is 14.9 Å². The maximum Gasteiger partial charge on any atom is 0.331 e. The Bertz CT molecular complexity index is 828. The summed E-state index contributed by atoms with van der Waals surface area (Å²) < 4.78 is 4.84. The summed E-state index contributed by atoms with van der Waals surface area (Å²) in [5.41, 5.74) is 2.49. The van der Waals surface area contributed by atoms with Gasteiger partial charge in [-0.1, -0.05) is 42.0 Å². The number of esters is 1. The molecule has 0 atom stereocenters. The second-order valence-electron chi connectivity index (χ2n) is 5.56. The molecule has 1 N–H and O–H groups in total. The van der Waals surface area contributed by atoms with Gasteiger partial charge >= 0.3 is 5.97 Å². The van der Waals surface area contributed by atoms with E-state index in [-0.39, 0.29) is 5.69 Å². The van der Waals surface area contributed by atoms with Gasteiger partial charge in [0.05, 0.1) is 4.92 Å². The van der Waals surface area contributed by atoms with E-state index in [1.54, 1.807) is 6.07 Å². The minimum Gasteiger partial charge on any atom is -0.452 e. The molecule has 0 aromatic heterocycles. The predicted molar refractivity (Wildman–Crippen MR) is 96.1 cm³/mol. The maximum absolute atomic E-state index is 11.7. The van der Waals surface area contributed by atoms with Crippen molar-refractivity contribution in [2.24, 2.45) is 0 Å². The van der Waals surface area contributed by atoms with Gasteiger partial charge in [0.1, 0.15) is 0 Å². The van der Waals surface area contributed by atoms with Gasteiger partial charge in [0.25, 0.3) is 11.6 Å². The molecule has 0 saturated heterocycles. The van der Waals surface area contributed by atoms with E-state index in [0.717, 1.165) is 17.2 Å². The number of aryl methyl sites for hydroxylation is 1. The zero-order valence-corrected chi connectivity index (χ0v) is 14.2. The fourth-order valence-corrected chi connectivity index (χ4v) is 2.05. The number of nitro benzene ring substituents is 1. The molecule has 0 aliphatic rings. The van der Waals surface area contributed by atoms with Crippen LogP contribution in [0.15, 0.2) is 54.6 Å². The smallest absolute Gasteiger partial charge is 0.331 e. The number of carbonyl (C=O) groups excluding carboxylic acids is 2. The first-order valence-corrected chi connectivity index (χ1v) is 7.85. The average Bonchev–Trinajstić information content (AvgIpc) is 2.64. The van der Waals surface area contributed by atoms with E-state index in [2.05, 4.69) is 5.32 Å². The van der Waals surface area contributed by atoms with Crippen molar-refractivity contribution in [2.45, 2.75) is 13.5 Å². The van der Waals surface area contributed by atoms with Crippen LogP contribution in [0.1, 0.15) is 16.7 Å². The zero-order chi connectivity index (χ0) is 18.9. The van der Waals surface area contributed by atoms with E-state index in [4.69, 9.17) is 4.74 Å². The summed E-state index contributed by atoms with van der Waals surface area (Å²) in [6.07, 6.45) is 2.51. The van der Waals surface area contributed by atoms with Crippen LogP contribution in [0.2, 0.25) is 0 Å². The van der Waals surface area contributed by atoms with Crippen LogP contribution in [0.4, 0.5) is 5.69 Å². The number of hydrogen-bond donors (Lipinski definition) is 1. The molecule has 0 heterocycles. The van der Waals surface area contributed by atoms with Crippen LogP contribution in [0, 0.1) is 17.0 Å². The van der Waals surface area contributed by atoms with Crippen LogP contribution in [0.5, 0.6) is 0 Å². The number of rotatable bonds is 7. The maximum atomic E-state index is 11.7. The molecule has 0 fully saturated rings. The van der Waals surface area contributed by atoms with Gasteiger partial charge in [0.15, 0.2) is 6.61 Å². The van der Waals surface area contributed by atoms with Gasteiger partial charge in [-0.15, -0.1) is 0 Å². The van der Waals surface area contributed by atoms with Gasteiger partial charge in [0, 0.05) is 24.8 Å². The molecule has 7 nitrogen and oxygen atoms in total. The van der Waals surface area contributed by atoms with Gasteiger partial charge < -0.3 is 10.1 Å². The van der Waals surface area contributed by atoms with Crippen molar-refractivity contribution in [2.75, 3.05) is 6.61 Å². The second-order valence-corrected chi connectivity index (χ2v) is 5.56. The first-order valence-electron chi connectivity index (χ1n) is 7.85. The van der Waals surface area contributed by atoms with Crippen molar-refractivity contribution < 1.29 is 19.2 Å². The summed E-state index contributed by atoms with van der Waals surface area (Å²) in [7, 11) is 0. The first kappa shape index (κ1) is 18.9. The molecule has 0 spiro atoms. The molecule has 0 aliphatic heterocycles. The van der Waals surface area contributed by atoms with Crippen LogP contribution >= 0.6 is 0 Å². The van der Waals surface area contributed by atoms with Crippen LogP contribution in [0.25, 0.3) is 6.08 Å². The Hall–Kier alpha value is -3.48. The van der Waals surface area contributed by atoms with Gasteiger partial charge in [0.2, 0.25) is 0 Å². The van der Waals surface area contributed by atoms with Crippen molar-refractivity contribution in [3.8, 4) is 0 Å². The quantitative estimate of drug-likeness (QED) is 0.357. The average molecular weight is 354 g/mol. The SMILES string of the molecule is Cc1ccc(CNC(=O)COC(=O)/C=C/c2cccc([N+](=O)[O-])c2)cc1. The Kier molecular flexibility index (Phi) is 6.61. The molecule has 7 heteroatoms. The lowest BCUT2D eigenvalue weighted by atomic mass is 10.1. The number of nitro groups is 1. The van der Waals surface area contributed by atoms with Crippen LogP contribution < -0.4 is 5.32 Å². The standard InChI is InChI=1S/C19H18N2O5/c1-14-5-7-16(8-6-14)12-20-18(22)13-26-19(23)10-9-15-3-2-4-17(11-15)21(24)25/h2-11H,12-13H2,1H3,(H,20,22)/b10-9+. The van der Waals surface area contributed by atoms with Crippen molar-refractivity contribution >= 4 is 23.6 Å². The number of ether oxygens (including phenoxy) is 1. The molecule has 2 aromatic carbocycles. The van der Waals surface area contributed by atoms with E-state index in [1.807, 2.05) is 31.2 Å². The molecule has 1 amide bonds. The lowest BCUT2D eigenvalue weighted by Crippen LogP contribution is -2.28. The summed E-state index contributed by atoms with van der Waals surface area (Å²) in [6, 6.07) is 13.5. The highest BCUT2D eigenvalue weighted by Gasteiger charge is 2.06. The van der Waals surface area contributed by atoms with Crippen LogP contribution in [-0.4, -0.2) is 23.4 Å². The zero-order valence-electron chi connectivity index (χ0n) is 14.2. The van der Waals surface area contributed by atoms with E-state index >= 15 is 0 Å². The molecule has 2 rings (SSSR count). The first-order chi connectivity index (χ1) is 12.4. The third kappa shape index (κ3) is 6.20. The fraction of sp³-hybridized carbons (Fsp3) is 0.158. The number of carbonyl (C=O) groups is 2. The van der Waals surface area contributed by atoms with Crippen molar-refractivity contribution in [3.63, 3.8) is 0 Å². The third-order valence-corrected chi connectivity index (χ3v) is 3.45. The molecule has 0 aliphatic carbocycles. The number of non-ortho nitro benzene ring substituents is 1. The monoisotopic (exact) mass is 354 g/mol. The molecule has 2 aromatic rings. The normalized spacial score (nSPS) is 10.5. The Morgan fingerprint density at radius 3 is 2.62 bits per heavy atom. The largest absolute Gasteiger partial charge is 0.452 e. The Morgan fingerprint density at radius 1 is 1.19 bits per heavy atom. The minimum absolute atomic E-state index is 0.0731. The number of amides is 1. The molecule has 26 heavy (non-hydrogen) atoms. The minimum atomic E-state index is -0.706. The van der Waals surface area contributed by atoms with E-state index in [1.165, 1.54) is 24.3 Å². The van der Waals surface area contributed by atoms with Gasteiger partial charge in [-0.05, 0) is 24.1 Å². The topological polar surface area (TPSA) is 98.5 Å². The Balaban J connectivity index is 1.77. The Labute approximate surface area is 150 Å². The summed E-state index contributed by atoms with van der Waals surface area (Å²) in [5, 5.41) is 13.3. The molecule has 0 unspecified atom stereocenters. The van der Waals surface area contributed by atoms with E-state index < -0.39 is 23.4 Å². The van der Waals surface area contributed by atoms with E-state index in [0.29, 0.717) is 12.1 Å². The van der Waals surface area contributed by atoms with Crippen molar-refractivity contribution in [1.82, 2.24) is 5.32 Å². The second kappa shape index (κ2) is 9.12. The fourth-order valence-electron chi connectivity index (χ4n) is 2.05. The van der Waals surface area contributed by atoms with Crippen LogP contribution in [-0.2, 0) is 20.9 Å². The number of hydrogen-bond acceptors (Lipinski definition) is 5. The third-order valence-electron chi connectivity index (χ3n) is 3.45. The lowest BCUT2D eigenvalue weighted by molar-refractivity contribution is -0.384. The number of nitrogens with zero attached hydrogens (tertiary/aromatic N) is 1. The molecule has 0 saturated carbocycles. The van der Waals surface area contributed by atoms with E-state index in [9.17, 15) is 19.7 Å². The summed E-state index contributed by atoms with van der Waals surface area (Å²) in [5.74, 6) is -1.12. The molecule has 134 valence electrons. The van der Waals surface area contributed by atoms with Crippen molar-refractivity contribution in [3.05, 3.63) is 81.4 Å². The summed E-state index contributed by atoms with van der Waals surface area (Å²) in [6.45, 7) is 1.92. The number of nitrogens with one attached hydrogen (secondary N) is 1. The molecular formula is C19H18N2O5. The molecule has 0 bridgehead atoms. The van der Waals surface area contributed by atoms with Gasteiger partial charge in [-0.2, -0.15) is 0 Å². The molecule has 0 radical (unpaired) electrons. The highest BCUT2D eigenvalue weighted by molar-refractivity contribution is 5.89. The van der Waals surface area contributed by atoms with Gasteiger partial charge in [-0.25, -0.2) is 4.79 Å².